The molecule has 0 atom stereocenters. The number of fused-ring (bicyclic) bond motifs is 1. The normalized spacial score (nSPS) is 18.7. The zero-order valence-corrected chi connectivity index (χ0v) is 25.7. The number of hydrogen-bond donors (Lipinski definition) is 1. The van der Waals surface area contributed by atoms with Gasteiger partial charge in [0.2, 0.25) is 0 Å². The average molecular weight is 531 g/mol. The number of rotatable bonds is 7. The van der Waals surface area contributed by atoms with Crippen LogP contribution in [0.25, 0.3) is 12.2 Å². The summed E-state index contributed by atoms with van der Waals surface area (Å²) in [5.41, 5.74) is 19.8. The minimum atomic E-state index is -0.273. The number of nitrogens with two attached hydrogens (primary N) is 1. The molecule has 0 radical (unpaired) electrons. The van der Waals surface area contributed by atoms with Crippen molar-refractivity contribution in [2.24, 2.45) is 10.7 Å². The van der Waals surface area contributed by atoms with Crippen LogP contribution < -0.4 is 5.73 Å². The fourth-order valence-electron chi connectivity index (χ4n) is 5.99. The lowest BCUT2D eigenvalue weighted by Gasteiger charge is -2.29. The molecule has 2 aliphatic rings. The molecular formula is C38H46N2. The summed E-state index contributed by atoms with van der Waals surface area (Å²) < 4.78 is 0. The summed E-state index contributed by atoms with van der Waals surface area (Å²) in [7, 11) is 0. The van der Waals surface area contributed by atoms with E-state index in [1.165, 1.54) is 44.5 Å². The Morgan fingerprint density at radius 3 is 2.33 bits per heavy atom. The summed E-state index contributed by atoms with van der Waals surface area (Å²) in [6, 6.07) is 10.8. The highest BCUT2D eigenvalue weighted by Gasteiger charge is 2.35. The maximum Gasteiger partial charge on any atom is 0.0680 e. The summed E-state index contributed by atoms with van der Waals surface area (Å²) in [4.78, 5) is 5.06. The van der Waals surface area contributed by atoms with Gasteiger partial charge in [-0.1, -0.05) is 94.5 Å². The monoisotopic (exact) mass is 530 g/mol. The van der Waals surface area contributed by atoms with Gasteiger partial charge in [-0.3, -0.25) is 4.99 Å². The third-order valence-corrected chi connectivity index (χ3v) is 8.57. The molecule has 1 aliphatic heterocycles. The fourth-order valence-corrected chi connectivity index (χ4v) is 5.99. The third kappa shape index (κ3) is 5.77. The van der Waals surface area contributed by atoms with E-state index in [4.69, 9.17) is 10.7 Å². The Morgan fingerprint density at radius 2 is 1.60 bits per heavy atom. The van der Waals surface area contributed by atoms with Crippen LogP contribution in [-0.4, -0.2) is 5.71 Å². The SMILES string of the molecule is C/C=C\c1c(C)cccc1C(C)(C)C(N)=CC=C1C=C(C=CC2=Nc3ccc(C)c(/C=C\C)c3C2(C)C)CCC1. The van der Waals surface area contributed by atoms with Crippen molar-refractivity contribution in [3.63, 3.8) is 0 Å². The molecule has 0 spiro atoms. The third-order valence-electron chi connectivity index (χ3n) is 8.57. The smallest absolute Gasteiger partial charge is 0.0680 e. The van der Waals surface area contributed by atoms with Crippen LogP contribution in [0.3, 0.4) is 0 Å². The fraction of sp³-hybridized carbons (Fsp3) is 0.342. The number of hydrogen-bond acceptors (Lipinski definition) is 2. The van der Waals surface area contributed by atoms with E-state index < -0.39 is 0 Å². The van der Waals surface area contributed by atoms with Gasteiger partial charge >= 0.3 is 0 Å². The molecule has 2 N–H and O–H groups in total. The highest BCUT2D eigenvalue weighted by Crippen LogP contribution is 2.44. The van der Waals surface area contributed by atoms with Gasteiger partial charge in [0, 0.05) is 16.5 Å². The molecule has 2 aromatic rings. The largest absolute Gasteiger partial charge is 0.401 e. The summed E-state index contributed by atoms with van der Waals surface area (Å²) in [6.45, 7) is 17.5. The lowest BCUT2D eigenvalue weighted by molar-refractivity contribution is 0.613. The molecule has 0 fully saturated rings. The molecule has 0 bridgehead atoms. The minimum Gasteiger partial charge on any atom is -0.401 e. The molecule has 1 aliphatic carbocycles. The Labute approximate surface area is 242 Å². The second-order valence-corrected chi connectivity index (χ2v) is 12.2. The number of aryl methyl sites for hydroxylation is 2. The van der Waals surface area contributed by atoms with Crippen molar-refractivity contribution in [1.82, 2.24) is 0 Å². The van der Waals surface area contributed by atoms with Crippen LogP contribution in [0.4, 0.5) is 5.69 Å². The zero-order valence-electron chi connectivity index (χ0n) is 25.7. The molecule has 0 saturated heterocycles. The van der Waals surface area contributed by atoms with Crippen LogP contribution in [0.1, 0.15) is 94.2 Å². The predicted octanol–water partition coefficient (Wildman–Crippen LogP) is 10.1. The maximum absolute atomic E-state index is 6.74. The van der Waals surface area contributed by atoms with Gasteiger partial charge < -0.3 is 5.73 Å². The molecule has 0 saturated carbocycles. The first kappa shape index (κ1) is 29.3. The standard InChI is InChI=1S/C38H46N2/c1-9-13-30-26(3)15-11-18-32(30)37(5,6)34(39)23-20-28-16-12-17-29(25-28)21-24-35-38(7,8)36-31(14-10-2)27(4)19-22-33(36)40-35/h9-11,13-15,18-25H,12,16-17,39H2,1-8H3/b13-9-,14-10-,24-21?,28-20?,34-23?. The van der Waals surface area contributed by atoms with Crippen molar-refractivity contribution < 1.29 is 0 Å². The number of nitrogens with zero attached hydrogens (tertiary/aromatic N) is 1. The first-order chi connectivity index (χ1) is 19.0. The number of allylic oxidation sites excluding steroid dienone is 10. The summed E-state index contributed by atoms with van der Waals surface area (Å²) in [6.07, 6.45) is 23.1. The van der Waals surface area contributed by atoms with Crippen LogP contribution in [0.2, 0.25) is 0 Å². The van der Waals surface area contributed by atoms with Gasteiger partial charge in [0.25, 0.3) is 0 Å². The van der Waals surface area contributed by atoms with Crippen LogP contribution in [-0.2, 0) is 10.8 Å². The highest BCUT2D eigenvalue weighted by atomic mass is 14.8. The lowest BCUT2D eigenvalue weighted by Crippen LogP contribution is -2.27. The Hall–Kier alpha value is -3.65. The number of benzene rings is 2. The molecular weight excluding hydrogens is 484 g/mol. The first-order valence-electron chi connectivity index (χ1n) is 14.6. The Bertz CT molecular complexity index is 1500. The molecule has 208 valence electrons. The van der Waals surface area contributed by atoms with E-state index in [9.17, 15) is 0 Å². The van der Waals surface area contributed by atoms with Gasteiger partial charge in [0.05, 0.1) is 11.4 Å². The quantitative estimate of drug-likeness (QED) is 0.380. The average Bonchev–Trinajstić information content (AvgIpc) is 3.18. The topological polar surface area (TPSA) is 38.4 Å². The molecule has 2 aromatic carbocycles. The molecule has 2 nitrogen and oxygen atoms in total. The Kier molecular flexibility index (Phi) is 8.68. The van der Waals surface area contributed by atoms with E-state index in [1.54, 1.807) is 0 Å². The Morgan fingerprint density at radius 1 is 0.900 bits per heavy atom. The van der Waals surface area contributed by atoms with Gasteiger partial charge in [-0.2, -0.15) is 0 Å². The van der Waals surface area contributed by atoms with Crippen molar-refractivity contribution >= 4 is 23.6 Å². The second kappa shape index (κ2) is 11.8. The highest BCUT2D eigenvalue weighted by molar-refractivity contribution is 6.09. The molecule has 0 unspecified atom stereocenters. The van der Waals surface area contributed by atoms with Gasteiger partial charge in [-0.15, -0.1) is 0 Å². The van der Waals surface area contributed by atoms with Crippen molar-refractivity contribution in [2.75, 3.05) is 0 Å². The molecule has 0 aromatic heterocycles. The van der Waals surface area contributed by atoms with E-state index in [0.717, 1.165) is 36.4 Å². The predicted molar refractivity (Wildman–Crippen MR) is 176 cm³/mol. The Balaban J connectivity index is 1.58. The van der Waals surface area contributed by atoms with Gasteiger partial charge in [0.15, 0.2) is 0 Å². The zero-order chi connectivity index (χ0) is 29.1. The summed E-state index contributed by atoms with van der Waals surface area (Å²) >= 11 is 0. The van der Waals surface area contributed by atoms with E-state index >= 15 is 0 Å². The molecule has 4 rings (SSSR count). The van der Waals surface area contributed by atoms with Gasteiger partial charge in [-0.25, -0.2) is 0 Å². The van der Waals surface area contributed by atoms with Gasteiger partial charge in [-0.05, 0) is 110 Å². The van der Waals surface area contributed by atoms with E-state index in [0.29, 0.717) is 0 Å². The van der Waals surface area contributed by atoms with Crippen LogP contribution in [0.5, 0.6) is 0 Å². The van der Waals surface area contributed by atoms with Crippen LogP contribution in [0, 0.1) is 13.8 Å². The van der Waals surface area contributed by atoms with Crippen molar-refractivity contribution in [3.8, 4) is 0 Å². The van der Waals surface area contributed by atoms with Crippen molar-refractivity contribution in [1.29, 1.82) is 0 Å². The van der Waals surface area contributed by atoms with Gasteiger partial charge in [0.1, 0.15) is 0 Å². The van der Waals surface area contributed by atoms with E-state index in [1.807, 2.05) is 0 Å². The van der Waals surface area contributed by atoms with Crippen molar-refractivity contribution in [2.45, 2.75) is 85.5 Å². The van der Waals surface area contributed by atoms with Crippen molar-refractivity contribution in [3.05, 3.63) is 123 Å². The summed E-state index contributed by atoms with van der Waals surface area (Å²) in [5, 5.41) is 0. The minimum absolute atomic E-state index is 0.134. The number of aliphatic imine (C=N–C) groups is 1. The molecule has 2 heteroatoms. The van der Waals surface area contributed by atoms with Crippen LogP contribution >= 0.6 is 0 Å². The van der Waals surface area contributed by atoms with E-state index in [-0.39, 0.29) is 10.8 Å². The first-order valence-corrected chi connectivity index (χ1v) is 14.6. The molecule has 40 heavy (non-hydrogen) atoms. The summed E-state index contributed by atoms with van der Waals surface area (Å²) in [5.74, 6) is 0. The maximum atomic E-state index is 6.74. The lowest BCUT2D eigenvalue weighted by atomic mass is 9.77. The molecule has 0 amide bonds. The van der Waals surface area contributed by atoms with Crippen LogP contribution in [0.15, 0.2) is 94.7 Å². The van der Waals surface area contributed by atoms with E-state index in [2.05, 4.69) is 140 Å². The molecule has 1 heterocycles. The second-order valence-electron chi connectivity index (χ2n) is 12.2.